The summed E-state index contributed by atoms with van der Waals surface area (Å²) in [5.74, 6) is -0.957. The third kappa shape index (κ3) is 2.13. The molecule has 2 rings (SSSR count). The van der Waals surface area contributed by atoms with Gasteiger partial charge in [-0.25, -0.2) is 9.78 Å². The average molecular weight is 220 g/mol. The van der Waals surface area contributed by atoms with Crippen LogP contribution < -0.4 is 0 Å². The summed E-state index contributed by atoms with van der Waals surface area (Å²) < 4.78 is 1.84. The number of carboxylic acids is 1. The monoisotopic (exact) mass is 220 g/mol. The Morgan fingerprint density at radius 3 is 3.13 bits per heavy atom. The summed E-state index contributed by atoms with van der Waals surface area (Å²) in [5.41, 5.74) is 0.798. The highest BCUT2D eigenvalue weighted by Crippen LogP contribution is 2.15. The molecule has 2 heterocycles. The molecule has 15 heavy (non-hydrogen) atoms. The Balaban J connectivity index is 2.34. The van der Waals surface area contributed by atoms with Crippen LogP contribution in [0.15, 0.2) is 36.0 Å². The first-order valence-electron chi connectivity index (χ1n) is 4.25. The molecule has 0 spiro atoms. The average Bonchev–Trinajstić information content (AvgIpc) is 2.85. The van der Waals surface area contributed by atoms with Gasteiger partial charge in [-0.15, -0.1) is 11.3 Å². The van der Waals surface area contributed by atoms with Crippen molar-refractivity contribution in [1.29, 1.82) is 0 Å². The van der Waals surface area contributed by atoms with Gasteiger partial charge in [0.1, 0.15) is 0 Å². The van der Waals surface area contributed by atoms with Gasteiger partial charge in [-0.05, 0) is 18.2 Å². The molecule has 0 aromatic carbocycles. The molecule has 0 amide bonds. The van der Waals surface area contributed by atoms with Gasteiger partial charge in [0.05, 0.1) is 0 Å². The number of rotatable bonds is 3. The van der Waals surface area contributed by atoms with Crippen molar-refractivity contribution in [2.75, 3.05) is 0 Å². The Morgan fingerprint density at radius 1 is 1.60 bits per heavy atom. The Kier molecular flexibility index (Phi) is 2.64. The van der Waals surface area contributed by atoms with E-state index in [4.69, 9.17) is 5.11 Å². The van der Waals surface area contributed by atoms with E-state index in [0.29, 0.717) is 0 Å². The molecule has 0 radical (unpaired) electrons. The predicted octanol–water partition coefficient (Wildman–Crippen LogP) is 2.03. The lowest BCUT2D eigenvalue weighted by Gasteiger charge is -1.99. The van der Waals surface area contributed by atoms with Crippen LogP contribution in [-0.4, -0.2) is 20.6 Å². The number of hydrogen-bond donors (Lipinski definition) is 1. The topological polar surface area (TPSA) is 55.1 Å². The maximum Gasteiger partial charge on any atom is 0.328 e. The highest BCUT2D eigenvalue weighted by Gasteiger charge is 2.02. The van der Waals surface area contributed by atoms with Gasteiger partial charge in [-0.2, -0.15) is 0 Å². The Morgan fingerprint density at radius 2 is 2.47 bits per heavy atom. The smallest absolute Gasteiger partial charge is 0.328 e. The second-order valence-corrected chi connectivity index (χ2v) is 3.66. The Hall–Kier alpha value is -1.88. The molecule has 5 heteroatoms. The summed E-state index contributed by atoms with van der Waals surface area (Å²) in [6.45, 7) is 0. The van der Waals surface area contributed by atoms with Crippen molar-refractivity contribution in [3.63, 3.8) is 0 Å². The lowest BCUT2D eigenvalue weighted by molar-refractivity contribution is -0.131. The summed E-state index contributed by atoms with van der Waals surface area (Å²) in [4.78, 5) is 14.5. The fraction of sp³-hybridized carbons (Fsp3) is 0. The maximum atomic E-state index is 10.4. The molecule has 0 saturated carbocycles. The van der Waals surface area contributed by atoms with E-state index in [0.717, 1.165) is 16.9 Å². The minimum absolute atomic E-state index is 0.798. The molecule has 2 aromatic heterocycles. The molecular formula is C10H8N2O2S. The molecule has 1 N–H and O–H groups in total. The SMILES string of the molecule is O=C(O)/C=C/c1cccn1-c1nccs1. The summed E-state index contributed by atoms with van der Waals surface area (Å²) in [6, 6.07) is 3.68. The molecule has 0 aliphatic carbocycles. The van der Waals surface area contributed by atoms with Crippen LogP contribution in [0.4, 0.5) is 0 Å². The molecule has 0 aliphatic rings. The van der Waals surface area contributed by atoms with Crippen molar-refractivity contribution >= 4 is 23.4 Å². The standard InChI is InChI=1S/C10H8N2O2S/c13-9(14)4-3-8-2-1-6-12(8)10-11-5-7-15-10/h1-7H,(H,13,14)/b4-3+. The molecule has 4 nitrogen and oxygen atoms in total. The van der Waals surface area contributed by atoms with E-state index < -0.39 is 5.97 Å². The van der Waals surface area contributed by atoms with Crippen LogP contribution in [0.3, 0.4) is 0 Å². The first-order valence-corrected chi connectivity index (χ1v) is 5.13. The van der Waals surface area contributed by atoms with E-state index in [1.165, 1.54) is 11.3 Å². The third-order valence-corrected chi connectivity index (χ3v) is 2.57. The van der Waals surface area contributed by atoms with Crippen LogP contribution in [-0.2, 0) is 4.79 Å². The van der Waals surface area contributed by atoms with Crippen LogP contribution in [0.25, 0.3) is 11.2 Å². The van der Waals surface area contributed by atoms with E-state index in [1.54, 1.807) is 12.3 Å². The van der Waals surface area contributed by atoms with Crippen molar-refractivity contribution in [2.45, 2.75) is 0 Å². The fourth-order valence-electron chi connectivity index (χ4n) is 1.20. The number of hydrogen-bond acceptors (Lipinski definition) is 3. The normalized spacial score (nSPS) is 10.9. The second-order valence-electron chi connectivity index (χ2n) is 2.79. The first kappa shape index (κ1) is 9.67. The van der Waals surface area contributed by atoms with Gasteiger partial charge in [0.2, 0.25) is 0 Å². The van der Waals surface area contributed by atoms with Gasteiger partial charge < -0.3 is 5.11 Å². The molecule has 76 valence electrons. The van der Waals surface area contributed by atoms with Gasteiger partial charge in [-0.3, -0.25) is 4.57 Å². The quantitative estimate of drug-likeness (QED) is 0.805. The van der Waals surface area contributed by atoms with E-state index in [2.05, 4.69) is 4.98 Å². The van der Waals surface area contributed by atoms with Crippen LogP contribution in [0.2, 0.25) is 0 Å². The molecule has 0 bridgehead atoms. The minimum Gasteiger partial charge on any atom is -0.478 e. The van der Waals surface area contributed by atoms with E-state index in [1.807, 2.05) is 28.3 Å². The Labute approximate surface area is 90.1 Å². The second kappa shape index (κ2) is 4.10. The maximum absolute atomic E-state index is 10.4. The molecule has 2 aromatic rings. The minimum atomic E-state index is -0.957. The number of thiazole rings is 1. The summed E-state index contributed by atoms with van der Waals surface area (Å²) in [5, 5.41) is 11.2. The molecular weight excluding hydrogens is 212 g/mol. The molecule has 0 aliphatic heterocycles. The zero-order valence-corrected chi connectivity index (χ0v) is 8.52. The van der Waals surface area contributed by atoms with Crippen molar-refractivity contribution in [3.8, 4) is 5.13 Å². The van der Waals surface area contributed by atoms with Crippen LogP contribution in [0.1, 0.15) is 5.69 Å². The zero-order valence-electron chi connectivity index (χ0n) is 7.70. The van der Waals surface area contributed by atoms with Crippen LogP contribution in [0, 0.1) is 0 Å². The highest BCUT2D eigenvalue weighted by molar-refractivity contribution is 7.12. The molecule has 0 unspecified atom stereocenters. The predicted molar refractivity (Wildman–Crippen MR) is 58.1 cm³/mol. The fourth-order valence-corrected chi connectivity index (χ4v) is 1.84. The number of aliphatic carboxylic acids is 1. The van der Waals surface area contributed by atoms with E-state index >= 15 is 0 Å². The first-order chi connectivity index (χ1) is 7.27. The highest BCUT2D eigenvalue weighted by atomic mass is 32.1. The third-order valence-electron chi connectivity index (χ3n) is 1.80. The lowest BCUT2D eigenvalue weighted by atomic mass is 10.4. The lowest BCUT2D eigenvalue weighted by Crippen LogP contribution is -1.94. The van der Waals surface area contributed by atoms with Gasteiger partial charge in [-0.1, -0.05) is 0 Å². The molecule has 0 atom stereocenters. The van der Waals surface area contributed by atoms with Crippen LogP contribution in [0.5, 0.6) is 0 Å². The van der Waals surface area contributed by atoms with E-state index in [-0.39, 0.29) is 0 Å². The van der Waals surface area contributed by atoms with Gasteiger partial charge in [0, 0.05) is 29.5 Å². The number of carbonyl (C=O) groups is 1. The van der Waals surface area contributed by atoms with Gasteiger partial charge in [0.25, 0.3) is 0 Å². The summed E-state index contributed by atoms with van der Waals surface area (Å²) >= 11 is 1.50. The summed E-state index contributed by atoms with van der Waals surface area (Å²) in [6.07, 6.45) is 6.22. The van der Waals surface area contributed by atoms with Crippen molar-refractivity contribution in [2.24, 2.45) is 0 Å². The van der Waals surface area contributed by atoms with Crippen LogP contribution >= 0.6 is 11.3 Å². The molecule has 0 fully saturated rings. The number of aromatic nitrogens is 2. The zero-order chi connectivity index (χ0) is 10.7. The largest absolute Gasteiger partial charge is 0.478 e. The van der Waals surface area contributed by atoms with Crippen molar-refractivity contribution in [3.05, 3.63) is 41.7 Å². The summed E-state index contributed by atoms with van der Waals surface area (Å²) in [7, 11) is 0. The molecule has 0 saturated heterocycles. The van der Waals surface area contributed by atoms with Crippen molar-refractivity contribution < 1.29 is 9.90 Å². The number of nitrogens with zero attached hydrogens (tertiary/aromatic N) is 2. The Bertz CT molecular complexity index is 485. The van der Waals surface area contributed by atoms with E-state index in [9.17, 15) is 4.79 Å². The number of carboxylic acid groups (broad SMARTS) is 1. The van der Waals surface area contributed by atoms with Crippen molar-refractivity contribution in [1.82, 2.24) is 9.55 Å². The van der Waals surface area contributed by atoms with Gasteiger partial charge in [0.15, 0.2) is 5.13 Å². The van der Waals surface area contributed by atoms with Gasteiger partial charge >= 0.3 is 5.97 Å².